The fourth-order valence-corrected chi connectivity index (χ4v) is 3.78. The Hall–Kier alpha value is -4.25. The molecule has 5 rings (SSSR count). The number of nitrogens with zero attached hydrogens (tertiary/aromatic N) is 1. The summed E-state index contributed by atoms with van der Waals surface area (Å²) < 4.78 is 11.7. The molecule has 32 heavy (non-hydrogen) atoms. The number of methoxy groups -OCH3 is 1. The van der Waals surface area contributed by atoms with E-state index in [1.54, 1.807) is 13.3 Å². The van der Waals surface area contributed by atoms with Crippen LogP contribution in [-0.2, 0) is 6.61 Å². The van der Waals surface area contributed by atoms with E-state index in [9.17, 15) is 0 Å². The van der Waals surface area contributed by atoms with E-state index in [0.29, 0.717) is 12.5 Å². The van der Waals surface area contributed by atoms with Crippen molar-refractivity contribution >= 4 is 22.3 Å². The van der Waals surface area contributed by atoms with Gasteiger partial charge in [-0.3, -0.25) is 0 Å². The topological polar surface area (TPSA) is 59.2 Å². The first kappa shape index (κ1) is 19.7. The lowest BCUT2D eigenvalue weighted by molar-refractivity contribution is 0.295. The van der Waals surface area contributed by atoms with Crippen molar-refractivity contribution in [2.45, 2.75) is 6.61 Å². The third-order valence-electron chi connectivity index (χ3n) is 5.34. The molecule has 3 aromatic carbocycles. The van der Waals surface area contributed by atoms with Crippen LogP contribution in [0.3, 0.4) is 0 Å². The quantitative estimate of drug-likeness (QED) is 0.312. The van der Waals surface area contributed by atoms with Crippen LogP contribution >= 0.6 is 0 Å². The summed E-state index contributed by atoms with van der Waals surface area (Å²) >= 11 is 0. The molecule has 5 aromatic rings. The number of anilines is 2. The van der Waals surface area contributed by atoms with E-state index in [-0.39, 0.29) is 0 Å². The van der Waals surface area contributed by atoms with Crippen LogP contribution in [0.2, 0.25) is 0 Å². The first-order chi connectivity index (χ1) is 15.8. The number of nitrogens with one attached hydrogen (secondary N) is 2. The number of ether oxygens (including phenoxy) is 2. The smallest absolute Gasteiger partial charge is 0.221 e. The molecule has 0 atom stereocenters. The molecule has 0 aliphatic heterocycles. The summed E-state index contributed by atoms with van der Waals surface area (Å²) in [6.07, 6.45) is 3.73. The highest BCUT2D eigenvalue weighted by Crippen LogP contribution is 2.37. The van der Waals surface area contributed by atoms with E-state index in [2.05, 4.69) is 39.6 Å². The minimum absolute atomic E-state index is 0.448. The van der Waals surface area contributed by atoms with E-state index in [4.69, 9.17) is 9.47 Å². The molecule has 0 aliphatic rings. The summed E-state index contributed by atoms with van der Waals surface area (Å²) in [6.45, 7) is 0.448. The van der Waals surface area contributed by atoms with E-state index >= 15 is 0 Å². The monoisotopic (exact) mass is 421 g/mol. The number of para-hydroxylation sites is 2. The maximum absolute atomic E-state index is 6.18. The number of H-pyrrole nitrogens is 1. The first-order valence-corrected chi connectivity index (χ1v) is 10.4. The van der Waals surface area contributed by atoms with Crippen molar-refractivity contribution in [3.05, 3.63) is 103 Å². The number of benzene rings is 3. The Morgan fingerprint density at radius 2 is 1.72 bits per heavy atom. The van der Waals surface area contributed by atoms with Gasteiger partial charge in [0, 0.05) is 22.7 Å². The summed E-state index contributed by atoms with van der Waals surface area (Å²) in [6, 6.07) is 28.3. The Balaban J connectivity index is 1.55. The molecular formula is C27H23N3O2. The van der Waals surface area contributed by atoms with Gasteiger partial charge < -0.3 is 19.8 Å². The summed E-state index contributed by atoms with van der Waals surface area (Å²) in [5.41, 5.74) is 5.87. The lowest BCUT2D eigenvalue weighted by atomic mass is 10.0. The second kappa shape index (κ2) is 8.86. The molecule has 0 aliphatic carbocycles. The Morgan fingerprint density at radius 3 is 2.59 bits per heavy atom. The van der Waals surface area contributed by atoms with Gasteiger partial charge in [0.2, 0.25) is 5.88 Å². The van der Waals surface area contributed by atoms with Crippen LogP contribution in [0.25, 0.3) is 22.0 Å². The lowest BCUT2D eigenvalue weighted by Gasteiger charge is -2.15. The number of hydrogen-bond acceptors (Lipinski definition) is 4. The lowest BCUT2D eigenvalue weighted by Crippen LogP contribution is -2.01. The van der Waals surface area contributed by atoms with Gasteiger partial charge in [-0.05, 0) is 41.5 Å². The van der Waals surface area contributed by atoms with E-state index in [1.807, 2.05) is 66.9 Å². The summed E-state index contributed by atoms with van der Waals surface area (Å²) in [7, 11) is 1.66. The fraction of sp³-hybridized carbons (Fsp3) is 0.0741. The molecular weight excluding hydrogens is 398 g/mol. The highest BCUT2D eigenvalue weighted by Gasteiger charge is 2.14. The largest absolute Gasteiger partial charge is 0.495 e. The summed E-state index contributed by atoms with van der Waals surface area (Å²) in [5.74, 6) is 1.36. The number of hydrogen-bond donors (Lipinski definition) is 2. The number of fused-ring (bicyclic) bond motifs is 1. The Labute approximate surface area is 186 Å². The standard InChI is InChI=1S/C27H23N3O2/c1-31-26-13-6-5-11-25(26)30-20-16-23(21-10-7-12-24-22(21)14-15-28-24)27(29-17-20)32-18-19-8-3-2-4-9-19/h2-17,28,30H,18H2,1H3. The van der Waals surface area contributed by atoms with Gasteiger partial charge in [-0.15, -0.1) is 0 Å². The SMILES string of the molecule is COc1ccccc1Nc1cnc(OCc2ccccc2)c(-c2cccc3[nH]ccc23)c1. The Kier molecular flexibility index (Phi) is 5.45. The van der Waals surface area contributed by atoms with Gasteiger partial charge in [-0.1, -0.05) is 54.6 Å². The van der Waals surface area contributed by atoms with Crippen LogP contribution in [0, 0.1) is 0 Å². The second-order valence-corrected chi connectivity index (χ2v) is 7.42. The number of aromatic amines is 1. The summed E-state index contributed by atoms with van der Waals surface area (Å²) in [4.78, 5) is 7.96. The molecule has 0 spiro atoms. The van der Waals surface area contributed by atoms with Gasteiger partial charge >= 0.3 is 0 Å². The van der Waals surface area contributed by atoms with Crippen LogP contribution in [0.5, 0.6) is 11.6 Å². The van der Waals surface area contributed by atoms with Crippen molar-refractivity contribution < 1.29 is 9.47 Å². The molecule has 2 N–H and O–H groups in total. The molecule has 5 heteroatoms. The number of rotatable bonds is 7. The maximum Gasteiger partial charge on any atom is 0.221 e. The van der Waals surface area contributed by atoms with Crippen LogP contribution in [0.1, 0.15) is 5.56 Å². The molecule has 158 valence electrons. The van der Waals surface area contributed by atoms with E-state index in [1.165, 1.54) is 0 Å². The second-order valence-electron chi connectivity index (χ2n) is 7.42. The zero-order valence-electron chi connectivity index (χ0n) is 17.7. The minimum Gasteiger partial charge on any atom is -0.495 e. The van der Waals surface area contributed by atoms with Crippen molar-refractivity contribution in [3.63, 3.8) is 0 Å². The predicted octanol–water partition coefficient (Wildman–Crippen LogP) is 6.56. The Bertz CT molecular complexity index is 1350. The van der Waals surface area contributed by atoms with Crippen LogP contribution < -0.4 is 14.8 Å². The van der Waals surface area contributed by atoms with Gasteiger partial charge in [-0.25, -0.2) is 4.98 Å². The molecule has 2 aromatic heterocycles. The van der Waals surface area contributed by atoms with Crippen molar-refractivity contribution in [2.75, 3.05) is 12.4 Å². The Morgan fingerprint density at radius 1 is 0.875 bits per heavy atom. The average molecular weight is 422 g/mol. The molecule has 0 bridgehead atoms. The highest BCUT2D eigenvalue weighted by molar-refractivity contribution is 5.96. The van der Waals surface area contributed by atoms with Gasteiger partial charge in [0.25, 0.3) is 0 Å². The van der Waals surface area contributed by atoms with Gasteiger partial charge in [0.05, 0.1) is 24.7 Å². The molecule has 0 saturated carbocycles. The van der Waals surface area contributed by atoms with E-state index < -0.39 is 0 Å². The van der Waals surface area contributed by atoms with Crippen molar-refractivity contribution in [1.29, 1.82) is 0 Å². The van der Waals surface area contributed by atoms with Crippen molar-refractivity contribution in [3.8, 4) is 22.8 Å². The average Bonchev–Trinajstić information content (AvgIpc) is 3.33. The molecule has 0 saturated heterocycles. The number of pyridine rings is 1. The van der Waals surface area contributed by atoms with E-state index in [0.717, 1.165) is 44.7 Å². The molecule has 0 amide bonds. The normalized spacial score (nSPS) is 10.8. The van der Waals surface area contributed by atoms with Crippen molar-refractivity contribution in [1.82, 2.24) is 9.97 Å². The minimum atomic E-state index is 0.448. The summed E-state index contributed by atoms with van der Waals surface area (Å²) in [5, 5.41) is 4.54. The molecule has 0 unspecified atom stereocenters. The van der Waals surface area contributed by atoms with Gasteiger partial charge in [-0.2, -0.15) is 0 Å². The van der Waals surface area contributed by atoms with Crippen LogP contribution in [-0.4, -0.2) is 17.1 Å². The zero-order chi connectivity index (χ0) is 21.8. The number of aromatic nitrogens is 2. The highest BCUT2D eigenvalue weighted by atomic mass is 16.5. The molecule has 0 fully saturated rings. The van der Waals surface area contributed by atoms with Gasteiger partial charge in [0.1, 0.15) is 12.4 Å². The first-order valence-electron chi connectivity index (χ1n) is 10.4. The van der Waals surface area contributed by atoms with Crippen molar-refractivity contribution in [2.24, 2.45) is 0 Å². The van der Waals surface area contributed by atoms with Gasteiger partial charge in [0.15, 0.2) is 0 Å². The third kappa shape index (κ3) is 4.01. The molecule has 0 radical (unpaired) electrons. The van der Waals surface area contributed by atoms with Crippen LogP contribution in [0.15, 0.2) is 97.3 Å². The molecule has 5 nitrogen and oxygen atoms in total. The van der Waals surface area contributed by atoms with Crippen LogP contribution in [0.4, 0.5) is 11.4 Å². The predicted molar refractivity (Wildman–Crippen MR) is 129 cm³/mol. The fourth-order valence-electron chi connectivity index (χ4n) is 3.78. The third-order valence-corrected chi connectivity index (χ3v) is 5.34. The molecule has 2 heterocycles. The zero-order valence-corrected chi connectivity index (χ0v) is 17.7. The maximum atomic E-state index is 6.18.